The molecule has 1 aromatic carbocycles. The average Bonchev–Trinajstić information content (AvgIpc) is 2.27. The molecule has 108 valence electrons. The number of hydrogen-bond acceptors (Lipinski definition) is 1. The maximum absolute atomic E-state index is 13.4. The number of benzene rings is 1. The van der Waals surface area contributed by atoms with E-state index >= 15 is 0 Å². The first kappa shape index (κ1) is 16.5. The van der Waals surface area contributed by atoms with Crippen LogP contribution in [-0.4, -0.2) is 7.05 Å². The summed E-state index contributed by atoms with van der Waals surface area (Å²) in [6.07, 6.45) is 2.09. The first-order valence-corrected chi connectivity index (χ1v) is 7.23. The van der Waals surface area contributed by atoms with E-state index in [0.29, 0.717) is 16.4 Å². The van der Waals surface area contributed by atoms with Crippen molar-refractivity contribution in [3.8, 4) is 0 Å². The first-order valence-electron chi connectivity index (χ1n) is 6.85. The summed E-state index contributed by atoms with van der Waals surface area (Å²) in [5.74, 6) is 0.319. The largest absolute Gasteiger partial charge is 0.313 e. The zero-order chi connectivity index (χ0) is 14.6. The van der Waals surface area contributed by atoms with E-state index in [1.54, 1.807) is 6.07 Å². The smallest absolute Gasteiger partial charge is 0.123 e. The summed E-state index contributed by atoms with van der Waals surface area (Å²) < 4.78 is 13.4. The average molecular weight is 286 g/mol. The van der Waals surface area contributed by atoms with Gasteiger partial charge in [0.2, 0.25) is 0 Å². The lowest BCUT2D eigenvalue weighted by Crippen LogP contribution is -2.21. The van der Waals surface area contributed by atoms with Gasteiger partial charge in [-0.25, -0.2) is 4.39 Å². The molecule has 19 heavy (non-hydrogen) atoms. The van der Waals surface area contributed by atoms with E-state index in [2.05, 4.69) is 33.0 Å². The monoisotopic (exact) mass is 285 g/mol. The van der Waals surface area contributed by atoms with Crippen molar-refractivity contribution in [1.82, 2.24) is 5.32 Å². The van der Waals surface area contributed by atoms with Crippen molar-refractivity contribution in [2.24, 2.45) is 11.3 Å². The van der Waals surface area contributed by atoms with Crippen LogP contribution in [0.5, 0.6) is 0 Å². The van der Waals surface area contributed by atoms with Gasteiger partial charge in [0.1, 0.15) is 5.82 Å². The maximum Gasteiger partial charge on any atom is 0.123 e. The minimum absolute atomic E-state index is 0.0977. The molecule has 0 amide bonds. The Bertz CT molecular complexity index is 412. The van der Waals surface area contributed by atoms with Crippen molar-refractivity contribution in [3.05, 3.63) is 34.6 Å². The van der Waals surface area contributed by atoms with Crippen LogP contribution in [0.15, 0.2) is 18.2 Å². The molecule has 0 saturated carbocycles. The van der Waals surface area contributed by atoms with Gasteiger partial charge in [-0.3, -0.25) is 0 Å². The Morgan fingerprint density at radius 2 is 1.95 bits per heavy atom. The lowest BCUT2D eigenvalue weighted by molar-refractivity contribution is 0.279. The van der Waals surface area contributed by atoms with Crippen LogP contribution in [0.1, 0.15) is 52.1 Å². The highest BCUT2D eigenvalue weighted by Crippen LogP contribution is 2.33. The highest BCUT2D eigenvalue weighted by molar-refractivity contribution is 6.31. The Labute approximate surface area is 121 Å². The molecular formula is C16H25ClFN. The third-order valence-electron chi connectivity index (χ3n) is 3.28. The topological polar surface area (TPSA) is 12.0 Å². The summed E-state index contributed by atoms with van der Waals surface area (Å²) in [5, 5.41) is 3.88. The highest BCUT2D eigenvalue weighted by atomic mass is 35.5. The Morgan fingerprint density at radius 3 is 2.47 bits per heavy atom. The van der Waals surface area contributed by atoms with Crippen LogP contribution in [0.2, 0.25) is 5.02 Å². The number of nitrogens with one attached hydrogen (secondary N) is 1. The van der Waals surface area contributed by atoms with Crippen molar-refractivity contribution in [2.45, 2.75) is 46.6 Å². The summed E-state index contributed by atoms with van der Waals surface area (Å²) >= 11 is 6.18. The van der Waals surface area contributed by atoms with Crippen LogP contribution in [0.4, 0.5) is 4.39 Å². The zero-order valence-electron chi connectivity index (χ0n) is 12.6. The minimum atomic E-state index is -0.233. The van der Waals surface area contributed by atoms with E-state index in [4.69, 9.17) is 11.6 Å². The molecule has 3 heteroatoms. The van der Waals surface area contributed by atoms with E-state index in [0.717, 1.165) is 18.4 Å². The molecule has 1 aromatic rings. The molecule has 0 aliphatic carbocycles. The third kappa shape index (κ3) is 5.50. The number of hydrogen-bond donors (Lipinski definition) is 1. The van der Waals surface area contributed by atoms with E-state index in [1.807, 2.05) is 7.05 Å². The van der Waals surface area contributed by atoms with E-state index in [1.165, 1.54) is 12.1 Å². The van der Waals surface area contributed by atoms with Crippen molar-refractivity contribution < 1.29 is 4.39 Å². The van der Waals surface area contributed by atoms with Crippen molar-refractivity contribution in [2.75, 3.05) is 7.05 Å². The molecule has 0 saturated heterocycles. The van der Waals surface area contributed by atoms with Gasteiger partial charge in [0.15, 0.2) is 0 Å². The second kappa shape index (κ2) is 6.71. The van der Waals surface area contributed by atoms with E-state index < -0.39 is 0 Å². The molecule has 0 heterocycles. The van der Waals surface area contributed by atoms with Gasteiger partial charge in [-0.05, 0) is 55.0 Å². The molecule has 0 radical (unpaired) electrons. The molecular weight excluding hydrogens is 261 g/mol. The lowest BCUT2D eigenvalue weighted by Gasteiger charge is -2.27. The van der Waals surface area contributed by atoms with E-state index in [-0.39, 0.29) is 11.9 Å². The molecule has 0 aromatic heterocycles. The summed E-state index contributed by atoms with van der Waals surface area (Å²) in [6.45, 7) is 8.97. The molecule has 1 nitrogen and oxygen atoms in total. The van der Waals surface area contributed by atoms with Crippen LogP contribution >= 0.6 is 11.6 Å². The molecule has 0 spiro atoms. The van der Waals surface area contributed by atoms with Crippen LogP contribution in [0.3, 0.4) is 0 Å². The van der Waals surface area contributed by atoms with Crippen LogP contribution < -0.4 is 5.32 Å². The predicted octanol–water partition coefficient (Wildman–Crippen LogP) is 5.20. The fraction of sp³-hybridized carbons (Fsp3) is 0.625. The van der Waals surface area contributed by atoms with Gasteiger partial charge in [-0.1, -0.05) is 39.3 Å². The fourth-order valence-electron chi connectivity index (χ4n) is 2.71. The second-order valence-corrected chi connectivity index (χ2v) is 7.02. The van der Waals surface area contributed by atoms with Gasteiger partial charge in [-0.2, -0.15) is 0 Å². The van der Waals surface area contributed by atoms with Crippen molar-refractivity contribution in [3.63, 3.8) is 0 Å². The molecule has 2 unspecified atom stereocenters. The summed E-state index contributed by atoms with van der Waals surface area (Å²) in [5.41, 5.74) is 1.16. The summed E-state index contributed by atoms with van der Waals surface area (Å²) in [4.78, 5) is 0. The quantitative estimate of drug-likeness (QED) is 0.784. The highest BCUT2D eigenvalue weighted by Gasteiger charge is 2.21. The van der Waals surface area contributed by atoms with Gasteiger partial charge in [-0.15, -0.1) is 0 Å². The van der Waals surface area contributed by atoms with Gasteiger partial charge in [0.05, 0.1) is 0 Å². The van der Waals surface area contributed by atoms with Crippen molar-refractivity contribution in [1.29, 1.82) is 0 Å². The second-order valence-electron chi connectivity index (χ2n) is 6.61. The Balaban J connectivity index is 2.80. The summed E-state index contributed by atoms with van der Waals surface area (Å²) in [7, 11) is 1.90. The normalized spacial score (nSPS) is 15.3. The summed E-state index contributed by atoms with van der Waals surface area (Å²) in [6, 6.07) is 4.66. The number of rotatable bonds is 5. The third-order valence-corrected chi connectivity index (χ3v) is 3.63. The molecule has 0 aliphatic rings. The van der Waals surface area contributed by atoms with Crippen molar-refractivity contribution >= 4 is 11.6 Å². The molecule has 2 atom stereocenters. The molecule has 1 rings (SSSR count). The Kier molecular flexibility index (Phi) is 5.82. The standard InChI is InChI=1S/C16H25ClFN/c1-11(10-16(2,3)4)8-15(19-5)13-9-12(18)6-7-14(13)17/h6-7,9,11,15,19H,8,10H2,1-5H3. The first-order chi connectivity index (χ1) is 8.73. The van der Waals surface area contributed by atoms with Crippen LogP contribution in [0, 0.1) is 17.2 Å². The zero-order valence-corrected chi connectivity index (χ0v) is 13.3. The van der Waals surface area contributed by atoms with Crippen LogP contribution in [-0.2, 0) is 0 Å². The Hall–Kier alpha value is -0.600. The van der Waals surface area contributed by atoms with Crippen LogP contribution in [0.25, 0.3) is 0 Å². The molecule has 1 N–H and O–H groups in total. The number of halogens is 2. The van der Waals surface area contributed by atoms with Gasteiger partial charge >= 0.3 is 0 Å². The minimum Gasteiger partial charge on any atom is -0.313 e. The van der Waals surface area contributed by atoms with Gasteiger partial charge in [0, 0.05) is 11.1 Å². The Morgan fingerprint density at radius 1 is 1.32 bits per heavy atom. The fourth-order valence-corrected chi connectivity index (χ4v) is 2.96. The lowest BCUT2D eigenvalue weighted by atomic mass is 9.82. The molecule has 0 fully saturated rings. The van der Waals surface area contributed by atoms with Gasteiger partial charge < -0.3 is 5.32 Å². The maximum atomic E-state index is 13.4. The molecule has 0 aliphatic heterocycles. The van der Waals surface area contributed by atoms with E-state index in [9.17, 15) is 4.39 Å². The molecule has 0 bridgehead atoms. The predicted molar refractivity (Wildman–Crippen MR) is 81.1 cm³/mol. The van der Waals surface area contributed by atoms with Gasteiger partial charge in [0.25, 0.3) is 0 Å². The SMILES string of the molecule is CNC(CC(C)CC(C)(C)C)c1cc(F)ccc1Cl.